The van der Waals surface area contributed by atoms with E-state index in [-0.39, 0.29) is 11.3 Å². The summed E-state index contributed by atoms with van der Waals surface area (Å²) in [5.74, 6) is 0.139. The molecular formula is C23H32N4O2. The van der Waals surface area contributed by atoms with E-state index in [1.165, 1.54) is 5.56 Å². The number of aromatic amines is 1. The minimum atomic E-state index is -0.620. The van der Waals surface area contributed by atoms with Crippen LogP contribution in [0.2, 0.25) is 0 Å². The molecule has 0 saturated carbocycles. The molecule has 2 fully saturated rings. The van der Waals surface area contributed by atoms with Gasteiger partial charge in [0, 0.05) is 30.4 Å². The predicted molar refractivity (Wildman–Crippen MR) is 113 cm³/mol. The Labute approximate surface area is 172 Å². The van der Waals surface area contributed by atoms with Crippen LogP contribution in [-0.2, 0) is 17.8 Å². The molecule has 0 aliphatic carbocycles. The Morgan fingerprint density at radius 2 is 2.00 bits per heavy atom. The molecule has 0 radical (unpaired) electrons. The van der Waals surface area contributed by atoms with Gasteiger partial charge < -0.3 is 15.0 Å². The quantitative estimate of drug-likeness (QED) is 0.753. The lowest BCUT2D eigenvalue weighted by atomic mass is 9.71. The molecule has 4 rings (SSSR count). The average Bonchev–Trinajstić information content (AvgIpc) is 3.28. The van der Waals surface area contributed by atoms with Crippen molar-refractivity contribution in [3.63, 3.8) is 0 Å². The van der Waals surface area contributed by atoms with Gasteiger partial charge in [-0.1, -0.05) is 30.3 Å². The predicted octanol–water partition coefficient (Wildman–Crippen LogP) is 2.95. The van der Waals surface area contributed by atoms with Crippen molar-refractivity contribution >= 4 is 5.97 Å². The highest BCUT2D eigenvalue weighted by molar-refractivity contribution is 5.72. The maximum absolute atomic E-state index is 12.0. The van der Waals surface area contributed by atoms with Crippen molar-refractivity contribution in [3.8, 4) is 0 Å². The molecule has 2 saturated heterocycles. The summed E-state index contributed by atoms with van der Waals surface area (Å²) < 4.78 is 0. The number of nitrogens with zero attached hydrogens (tertiary/aromatic N) is 3. The van der Waals surface area contributed by atoms with Crippen molar-refractivity contribution in [3.05, 3.63) is 53.6 Å². The topological polar surface area (TPSA) is 72.5 Å². The summed E-state index contributed by atoms with van der Waals surface area (Å²) in [6, 6.07) is 10.5. The van der Waals surface area contributed by atoms with Crippen LogP contribution in [0.3, 0.4) is 0 Å². The van der Waals surface area contributed by atoms with Crippen molar-refractivity contribution in [1.29, 1.82) is 0 Å². The van der Waals surface area contributed by atoms with Crippen LogP contribution in [0.5, 0.6) is 0 Å². The van der Waals surface area contributed by atoms with E-state index in [1.54, 1.807) is 0 Å². The second kappa shape index (κ2) is 8.67. The Kier molecular flexibility index (Phi) is 6.01. The van der Waals surface area contributed by atoms with Crippen LogP contribution in [0.1, 0.15) is 36.3 Å². The maximum atomic E-state index is 12.0. The molecule has 1 aromatic carbocycles. The molecule has 1 unspecified atom stereocenters. The van der Waals surface area contributed by atoms with Crippen LogP contribution >= 0.6 is 0 Å². The molecule has 2 aliphatic heterocycles. The van der Waals surface area contributed by atoms with Crippen LogP contribution in [0.15, 0.2) is 36.5 Å². The highest BCUT2D eigenvalue weighted by Gasteiger charge is 2.51. The number of hydrogen-bond donors (Lipinski definition) is 2. The summed E-state index contributed by atoms with van der Waals surface area (Å²) in [4.78, 5) is 24.5. The minimum Gasteiger partial charge on any atom is -0.481 e. The maximum Gasteiger partial charge on any atom is 0.308 e. The van der Waals surface area contributed by atoms with Crippen LogP contribution in [0, 0.1) is 18.3 Å². The van der Waals surface area contributed by atoms with Gasteiger partial charge in [0.25, 0.3) is 0 Å². The summed E-state index contributed by atoms with van der Waals surface area (Å²) >= 11 is 0. The average molecular weight is 397 g/mol. The number of piperidine rings is 1. The van der Waals surface area contributed by atoms with Crippen LogP contribution in [0.4, 0.5) is 0 Å². The Morgan fingerprint density at radius 3 is 2.66 bits per heavy atom. The van der Waals surface area contributed by atoms with Gasteiger partial charge in [0.1, 0.15) is 5.82 Å². The number of benzene rings is 1. The smallest absolute Gasteiger partial charge is 0.308 e. The van der Waals surface area contributed by atoms with E-state index in [0.29, 0.717) is 6.54 Å². The number of carboxylic acid groups (broad SMARTS) is 1. The number of nitrogens with one attached hydrogen (secondary N) is 1. The molecule has 0 bridgehead atoms. The van der Waals surface area contributed by atoms with E-state index in [9.17, 15) is 9.90 Å². The third kappa shape index (κ3) is 4.70. The zero-order valence-electron chi connectivity index (χ0n) is 17.3. The van der Waals surface area contributed by atoms with Gasteiger partial charge in [-0.05, 0) is 57.8 Å². The summed E-state index contributed by atoms with van der Waals surface area (Å²) in [6.45, 7) is 7.33. The van der Waals surface area contributed by atoms with E-state index in [4.69, 9.17) is 0 Å². The highest BCUT2D eigenvalue weighted by Crippen LogP contribution is 2.45. The summed E-state index contributed by atoms with van der Waals surface area (Å²) in [5, 5.41) is 9.90. The molecule has 2 aromatic rings. The number of aromatic nitrogens is 2. The van der Waals surface area contributed by atoms with Crippen molar-refractivity contribution in [1.82, 2.24) is 19.8 Å². The number of imidazole rings is 1. The minimum absolute atomic E-state index is 0.0752. The van der Waals surface area contributed by atoms with Crippen LogP contribution in [-0.4, -0.2) is 63.6 Å². The van der Waals surface area contributed by atoms with Gasteiger partial charge >= 0.3 is 5.97 Å². The molecule has 6 nitrogen and oxygen atoms in total. The lowest BCUT2D eigenvalue weighted by Gasteiger charge is -2.41. The Bertz CT molecular complexity index is 811. The van der Waals surface area contributed by atoms with Crippen molar-refractivity contribution in [2.75, 3.05) is 32.7 Å². The Hall–Kier alpha value is -2.18. The van der Waals surface area contributed by atoms with E-state index in [1.807, 2.05) is 19.2 Å². The van der Waals surface area contributed by atoms with Crippen molar-refractivity contribution in [2.45, 2.75) is 39.2 Å². The summed E-state index contributed by atoms with van der Waals surface area (Å²) in [7, 11) is 0. The molecule has 156 valence electrons. The molecule has 2 aliphatic rings. The van der Waals surface area contributed by atoms with Gasteiger partial charge in [0.05, 0.1) is 12.5 Å². The van der Waals surface area contributed by atoms with Gasteiger partial charge in [-0.25, -0.2) is 4.98 Å². The number of likely N-dealkylation sites (tertiary alicyclic amines) is 2. The largest absolute Gasteiger partial charge is 0.481 e. The van der Waals surface area contributed by atoms with Crippen LogP contribution in [0.25, 0.3) is 0 Å². The fourth-order valence-electron chi connectivity index (χ4n) is 5.16. The van der Waals surface area contributed by atoms with E-state index < -0.39 is 5.97 Å². The van der Waals surface area contributed by atoms with Gasteiger partial charge in [-0.2, -0.15) is 0 Å². The number of hydrogen-bond acceptors (Lipinski definition) is 4. The zero-order valence-corrected chi connectivity index (χ0v) is 17.3. The monoisotopic (exact) mass is 396 g/mol. The van der Waals surface area contributed by atoms with E-state index in [0.717, 1.165) is 69.9 Å². The Balaban J connectivity index is 1.32. The van der Waals surface area contributed by atoms with Crippen molar-refractivity contribution < 1.29 is 9.90 Å². The summed E-state index contributed by atoms with van der Waals surface area (Å²) in [6.07, 6.45) is 5.91. The first-order chi connectivity index (χ1) is 14.0. The molecular weight excluding hydrogens is 364 g/mol. The first kappa shape index (κ1) is 20.1. The zero-order chi connectivity index (χ0) is 20.3. The number of carboxylic acids is 1. The molecule has 2 N–H and O–H groups in total. The fraction of sp³-hybridized carbons (Fsp3) is 0.565. The van der Waals surface area contributed by atoms with E-state index in [2.05, 4.69) is 44.0 Å². The number of aliphatic carboxylic acids is 1. The molecule has 3 heterocycles. The van der Waals surface area contributed by atoms with E-state index >= 15 is 0 Å². The molecule has 0 amide bonds. The van der Waals surface area contributed by atoms with Gasteiger partial charge in [0.2, 0.25) is 0 Å². The molecule has 1 atom stereocenters. The molecule has 29 heavy (non-hydrogen) atoms. The summed E-state index contributed by atoms with van der Waals surface area (Å²) in [5.41, 5.74) is 2.37. The second-order valence-electron chi connectivity index (χ2n) is 8.87. The lowest BCUT2D eigenvalue weighted by Crippen LogP contribution is -2.45. The SMILES string of the molecule is Cc1cnc(CN2CCC3(CC2)CN(CCCc2ccccc2)CC3C(=O)O)[nH]1. The highest BCUT2D eigenvalue weighted by atomic mass is 16.4. The van der Waals surface area contributed by atoms with Gasteiger partial charge in [0.15, 0.2) is 0 Å². The first-order valence-corrected chi connectivity index (χ1v) is 10.8. The normalized spacial score (nSPS) is 22.3. The van der Waals surface area contributed by atoms with Crippen LogP contribution < -0.4 is 0 Å². The second-order valence-corrected chi connectivity index (χ2v) is 8.87. The first-order valence-electron chi connectivity index (χ1n) is 10.8. The molecule has 1 spiro atoms. The standard InChI is InChI=1S/C23H32N4O2/c1-18-14-24-21(25-18)16-26-12-9-23(10-13-26)17-27(15-20(23)22(28)29)11-5-8-19-6-3-2-4-7-19/h2-4,6-7,14,20H,5,8-13,15-17H2,1H3,(H,24,25)(H,28,29). The number of rotatable bonds is 7. The third-order valence-electron chi connectivity index (χ3n) is 6.78. The van der Waals surface area contributed by atoms with Gasteiger partial charge in [-0.15, -0.1) is 0 Å². The molecule has 6 heteroatoms. The van der Waals surface area contributed by atoms with Crippen molar-refractivity contribution in [2.24, 2.45) is 11.3 Å². The number of H-pyrrole nitrogens is 1. The molecule has 1 aromatic heterocycles. The van der Waals surface area contributed by atoms with Gasteiger partial charge in [-0.3, -0.25) is 9.69 Å². The third-order valence-corrected chi connectivity index (χ3v) is 6.78. The number of carbonyl (C=O) groups is 1. The fourth-order valence-corrected chi connectivity index (χ4v) is 5.16. The number of aryl methyl sites for hydroxylation is 2. The lowest BCUT2D eigenvalue weighted by molar-refractivity contribution is -0.146. The Morgan fingerprint density at radius 1 is 1.24 bits per heavy atom.